The molecule has 0 radical (unpaired) electrons. The Hall–Kier alpha value is -1.59. The number of allylic oxidation sites excluding steroid dienone is 3. The Kier molecular flexibility index (Phi) is 5.18. The van der Waals surface area contributed by atoms with Crippen LogP contribution >= 0.6 is 0 Å². The number of aliphatic hydroxyl groups excluding tert-OH is 1. The van der Waals surface area contributed by atoms with Crippen molar-refractivity contribution in [3.05, 3.63) is 48.3 Å². The zero-order chi connectivity index (χ0) is 16.1. The molecule has 5 heteroatoms. The van der Waals surface area contributed by atoms with Crippen LogP contribution in [0.5, 0.6) is 0 Å². The SMILES string of the molecule is OCC1(F)CCCN(C(CC2=CC=CCC2)C2=COC=CO2)C1. The zero-order valence-corrected chi connectivity index (χ0v) is 13.3. The summed E-state index contributed by atoms with van der Waals surface area (Å²) in [4.78, 5) is 2.08. The molecule has 0 saturated carbocycles. The highest BCUT2D eigenvalue weighted by Crippen LogP contribution is 2.32. The number of piperidine rings is 1. The van der Waals surface area contributed by atoms with E-state index in [-0.39, 0.29) is 12.6 Å². The lowest BCUT2D eigenvalue weighted by Gasteiger charge is -2.41. The van der Waals surface area contributed by atoms with Crippen molar-refractivity contribution in [1.29, 1.82) is 0 Å². The van der Waals surface area contributed by atoms with Gasteiger partial charge in [-0.3, -0.25) is 4.90 Å². The predicted molar refractivity (Wildman–Crippen MR) is 86.0 cm³/mol. The summed E-state index contributed by atoms with van der Waals surface area (Å²) in [5, 5.41) is 9.38. The van der Waals surface area contributed by atoms with Gasteiger partial charge in [0.05, 0.1) is 12.6 Å². The van der Waals surface area contributed by atoms with Gasteiger partial charge in [-0.05, 0) is 38.6 Å². The van der Waals surface area contributed by atoms with Gasteiger partial charge in [-0.15, -0.1) is 0 Å². The number of hydrogen-bond acceptors (Lipinski definition) is 4. The number of halogens is 1. The second-order valence-corrected chi connectivity index (χ2v) is 6.44. The van der Waals surface area contributed by atoms with Gasteiger partial charge >= 0.3 is 0 Å². The van der Waals surface area contributed by atoms with Crippen molar-refractivity contribution in [3.8, 4) is 0 Å². The first-order chi connectivity index (χ1) is 11.2. The maximum Gasteiger partial charge on any atom is 0.156 e. The van der Waals surface area contributed by atoms with Crippen molar-refractivity contribution in [3.63, 3.8) is 0 Å². The van der Waals surface area contributed by atoms with Gasteiger partial charge in [0, 0.05) is 6.54 Å². The maximum absolute atomic E-state index is 14.6. The Morgan fingerprint density at radius 2 is 2.30 bits per heavy atom. The molecule has 2 atom stereocenters. The molecular weight excluding hydrogens is 297 g/mol. The monoisotopic (exact) mass is 321 g/mol. The summed E-state index contributed by atoms with van der Waals surface area (Å²) in [5.41, 5.74) is -0.195. The molecule has 126 valence electrons. The van der Waals surface area contributed by atoms with E-state index in [0.717, 1.165) is 32.2 Å². The molecule has 2 heterocycles. The van der Waals surface area contributed by atoms with E-state index in [1.165, 1.54) is 18.1 Å². The molecule has 0 aromatic carbocycles. The Morgan fingerprint density at radius 1 is 1.39 bits per heavy atom. The molecule has 0 aromatic rings. The molecule has 1 fully saturated rings. The van der Waals surface area contributed by atoms with Crippen LogP contribution in [0.15, 0.2) is 48.3 Å². The maximum atomic E-state index is 14.6. The van der Waals surface area contributed by atoms with Crippen LogP contribution in [0, 0.1) is 0 Å². The molecule has 1 aliphatic carbocycles. The van der Waals surface area contributed by atoms with Gasteiger partial charge in [-0.1, -0.05) is 23.8 Å². The van der Waals surface area contributed by atoms with Gasteiger partial charge in [0.1, 0.15) is 24.5 Å². The van der Waals surface area contributed by atoms with Crippen LogP contribution in [0.4, 0.5) is 4.39 Å². The summed E-state index contributed by atoms with van der Waals surface area (Å²) in [6.07, 6.45) is 14.9. The van der Waals surface area contributed by atoms with Crippen molar-refractivity contribution in [2.24, 2.45) is 0 Å². The second kappa shape index (κ2) is 7.32. The molecule has 2 aliphatic heterocycles. The molecule has 1 N–H and O–H groups in total. The normalized spacial score (nSPS) is 29.3. The smallest absolute Gasteiger partial charge is 0.156 e. The largest absolute Gasteiger partial charge is 0.466 e. The Labute approximate surface area is 136 Å². The molecule has 0 bridgehead atoms. The molecule has 3 rings (SSSR count). The van der Waals surface area contributed by atoms with E-state index in [1.54, 1.807) is 6.26 Å². The first-order valence-corrected chi connectivity index (χ1v) is 8.26. The van der Waals surface area contributed by atoms with Crippen molar-refractivity contribution in [2.75, 3.05) is 19.7 Å². The minimum Gasteiger partial charge on any atom is -0.466 e. The highest BCUT2D eigenvalue weighted by Gasteiger charge is 2.39. The van der Waals surface area contributed by atoms with Crippen molar-refractivity contribution in [2.45, 2.75) is 43.8 Å². The van der Waals surface area contributed by atoms with E-state index in [4.69, 9.17) is 9.47 Å². The van der Waals surface area contributed by atoms with Crippen molar-refractivity contribution >= 4 is 0 Å². The molecule has 23 heavy (non-hydrogen) atoms. The van der Waals surface area contributed by atoms with E-state index >= 15 is 0 Å². The Bertz CT molecular complexity index is 540. The van der Waals surface area contributed by atoms with E-state index in [1.807, 2.05) is 0 Å². The number of likely N-dealkylation sites (tertiary alicyclic amines) is 1. The van der Waals surface area contributed by atoms with Crippen molar-refractivity contribution in [1.82, 2.24) is 4.90 Å². The average molecular weight is 321 g/mol. The molecule has 0 spiro atoms. The molecule has 3 aliphatic rings. The van der Waals surface area contributed by atoms with Crippen LogP contribution in [0.25, 0.3) is 0 Å². The number of alkyl halides is 1. The highest BCUT2D eigenvalue weighted by molar-refractivity contribution is 5.21. The summed E-state index contributed by atoms with van der Waals surface area (Å²) >= 11 is 0. The first kappa shape index (κ1) is 16.3. The second-order valence-electron chi connectivity index (χ2n) is 6.44. The third-order valence-electron chi connectivity index (χ3n) is 4.69. The summed E-state index contributed by atoms with van der Waals surface area (Å²) in [5.74, 6) is 0.699. The third-order valence-corrected chi connectivity index (χ3v) is 4.69. The third kappa shape index (κ3) is 4.03. The molecule has 2 unspecified atom stereocenters. The van der Waals surface area contributed by atoms with E-state index < -0.39 is 12.3 Å². The van der Waals surface area contributed by atoms with E-state index in [0.29, 0.717) is 12.2 Å². The number of nitrogens with zero attached hydrogens (tertiary/aromatic N) is 1. The first-order valence-electron chi connectivity index (χ1n) is 8.26. The highest BCUT2D eigenvalue weighted by atomic mass is 19.1. The summed E-state index contributed by atoms with van der Waals surface area (Å²) in [6, 6.07) is -0.0697. The van der Waals surface area contributed by atoms with Gasteiger partial charge < -0.3 is 14.6 Å². The Morgan fingerprint density at radius 3 is 3.00 bits per heavy atom. The Balaban J connectivity index is 1.78. The topological polar surface area (TPSA) is 41.9 Å². The van der Waals surface area contributed by atoms with Crippen LogP contribution in [-0.2, 0) is 9.47 Å². The van der Waals surface area contributed by atoms with E-state index in [9.17, 15) is 9.50 Å². The molecular formula is C18H24FNO3. The lowest BCUT2D eigenvalue weighted by atomic mass is 9.91. The number of aliphatic hydroxyl groups is 1. The van der Waals surface area contributed by atoms with Gasteiger partial charge in [-0.2, -0.15) is 0 Å². The fourth-order valence-electron chi connectivity index (χ4n) is 3.43. The lowest BCUT2D eigenvalue weighted by molar-refractivity contribution is -0.0180. The average Bonchev–Trinajstić information content (AvgIpc) is 2.61. The zero-order valence-electron chi connectivity index (χ0n) is 13.3. The molecule has 1 saturated heterocycles. The van der Waals surface area contributed by atoms with Crippen LogP contribution in [0.3, 0.4) is 0 Å². The van der Waals surface area contributed by atoms with Gasteiger partial charge in [0.25, 0.3) is 0 Å². The minimum atomic E-state index is -1.52. The molecule has 4 nitrogen and oxygen atoms in total. The van der Waals surface area contributed by atoms with Gasteiger partial charge in [-0.25, -0.2) is 4.39 Å². The summed E-state index contributed by atoms with van der Waals surface area (Å²) < 4.78 is 25.5. The number of hydrogen-bond donors (Lipinski definition) is 1. The van der Waals surface area contributed by atoms with Crippen LogP contribution in [0.1, 0.15) is 32.1 Å². The fourth-order valence-corrected chi connectivity index (χ4v) is 3.43. The van der Waals surface area contributed by atoms with Crippen LogP contribution < -0.4 is 0 Å². The quantitative estimate of drug-likeness (QED) is 0.844. The van der Waals surface area contributed by atoms with Crippen molar-refractivity contribution < 1.29 is 19.0 Å². The number of rotatable bonds is 5. The van der Waals surface area contributed by atoms with Crippen LogP contribution in [0.2, 0.25) is 0 Å². The van der Waals surface area contributed by atoms with Gasteiger partial charge in [0.15, 0.2) is 5.76 Å². The van der Waals surface area contributed by atoms with Crippen LogP contribution in [-0.4, -0.2) is 41.4 Å². The number of ether oxygens (including phenoxy) is 2. The minimum absolute atomic E-state index is 0.0697. The predicted octanol–water partition coefficient (Wildman–Crippen LogP) is 3.18. The lowest BCUT2D eigenvalue weighted by Crippen LogP contribution is -2.52. The molecule has 0 aromatic heterocycles. The summed E-state index contributed by atoms with van der Waals surface area (Å²) in [6.45, 7) is 0.587. The standard InChI is InChI=1S/C18H24FNO3/c19-18(14-21)7-4-8-20(13-18)16(17-12-22-9-10-23-17)11-15-5-2-1-3-6-15/h1-2,5,9-10,12,16,21H,3-4,6-8,11,13-14H2. The van der Waals surface area contributed by atoms with E-state index in [2.05, 4.69) is 23.1 Å². The molecule has 0 amide bonds. The van der Waals surface area contributed by atoms with Gasteiger partial charge in [0.2, 0.25) is 0 Å². The fraction of sp³-hybridized carbons (Fsp3) is 0.556. The summed E-state index contributed by atoms with van der Waals surface area (Å²) in [7, 11) is 0.